The molecule has 2 aliphatic rings. The third kappa shape index (κ3) is 4.10. The van der Waals surface area contributed by atoms with Crippen LogP contribution < -0.4 is 5.32 Å². The molecule has 120 valence electrons. The summed E-state index contributed by atoms with van der Waals surface area (Å²) in [5.74, 6) is 0.0879. The maximum absolute atomic E-state index is 11.0. The molecule has 2 saturated carbocycles. The SMILES string of the molecule is O=C(O)C1CCC(NC2CCC(Cc3ccccc3)C2)CC1. The topological polar surface area (TPSA) is 49.3 Å². The van der Waals surface area contributed by atoms with Gasteiger partial charge in [-0.1, -0.05) is 30.3 Å². The van der Waals surface area contributed by atoms with E-state index in [2.05, 4.69) is 35.6 Å². The van der Waals surface area contributed by atoms with Crippen molar-refractivity contribution in [2.45, 2.75) is 63.5 Å². The van der Waals surface area contributed by atoms with E-state index in [1.807, 2.05) is 0 Å². The first-order valence-corrected chi connectivity index (χ1v) is 8.73. The van der Waals surface area contributed by atoms with Gasteiger partial charge in [0.1, 0.15) is 0 Å². The van der Waals surface area contributed by atoms with Gasteiger partial charge < -0.3 is 10.4 Å². The van der Waals surface area contributed by atoms with Crippen LogP contribution in [0.15, 0.2) is 30.3 Å². The highest BCUT2D eigenvalue weighted by molar-refractivity contribution is 5.70. The Balaban J connectivity index is 1.41. The van der Waals surface area contributed by atoms with Gasteiger partial charge in [-0.3, -0.25) is 4.79 Å². The van der Waals surface area contributed by atoms with Crippen LogP contribution in [0.5, 0.6) is 0 Å². The van der Waals surface area contributed by atoms with E-state index in [9.17, 15) is 4.79 Å². The molecule has 3 rings (SSSR count). The molecule has 0 saturated heterocycles. The fraction of sp³-hybridized carbons (Fsp3) is 0.632. The van der Waals surface area contributed by atoms with Gasteiger partial charge in [0.15, 0.2) is 0 Å². The Labute approximate surface area is 133 Å². The first kappa shape index (κ1) is 15.5. The Morgan fingerprint density at radius 1 is 1.00 bits per heavy atom. The summed E-state index contributed by atoms with van der Waals surface area (Å²) in [4.78, 5) is 11.0. The second kappa shape index (κ2) is 7.28. The van der Waals surface area contributed by atoms with Crippen LogP contribution in [-0.2, 0) is 11.2 Å². The maximum atomic E-state index is 11.0. The lowest BCUT2D eigenvalue weighted by atomic mass is 9.85. The monoisotopic (exact) mass is 301 g/mol. The molecule has 2 N–H and O–H groups in total. The molecule has 2 unspecified atom stereocenters. The molecule has 2 atom stereocenters. The second-order valence-electron chi connectivity index (χ2n) is 7.12. The Morgan fingerprint density at radius 3 is 2.36 bits per heavy atom. The van der Waals surface area contributed by atoms with E-state index in [-0.39, 0.29) is 5.92 Å². The zero-order valence-electron chi connectivity index (χ0n) is 13.2. The summed E-state index contributed by atoms with van der Waals surface area (Å²) in [6.07, 6.45) is 8.79. The van der Waals surface area contributed by atoms with Crippen LogP contribution in [0, 0.1) is 11.8 Å². The zero-order valence-corrected chi connectivity index (χ0v) is 13.2. The lowest BCUT2D eigenvalue weighted by Crippen LogP contribution is -2.40. The van der Waals surface area contributed by atoms with Crippen LogP contribution in [0.4, 0.5) is 0 Å². The number of carbonyl (C=O) groups is 1. The summed E-state index contributed by atoms with van der Waals surface area (Å²) >= 11 is 0. The van der Waals surface area contributed by atoms with E-state index in [4.69, 9.17) is 5.11 Å². The van der Waals surface area contributed by atoms with Crippen molar-refractivity contribution in [1.82, 2.24) is 5.32 Å². The highest BCUT2D eigenvalue weighted by Gasteiger charge is 2.30. The van der Waals surface area contributed by atoms with Crippen LogP contribution in [-0.4, -0.2) is 23.2 Å². The Kier molecular flexibility index (Phi) is 5.14. The Bertz CT molecular complexity index is 479. The summed E-state index contributed by atoms with van der Waals surface area (Å²) < 4.78 is 0. The van der Waals surface area contributed by atoms with Crippen LogP contribution >= 0.6 is 0 Å². The molecule has 1 aromatic rings. The largest absolute Gasteiger partial charge is 0.481 e. The van der Waals surface area contributed by atoms with E-state index >= 15 is 0 Å². The maximum Gasteiger partial charge on any atom is 0.306 e. The van der Waals surface area contributed by atoms with E-state index in [0.29, 0.717) is 12.1 Å². The first-order chi connectivity index (χ1) is 10.7. The lowest BCUT2D eigenvalue weighted by molar-refractivity contribution is -0.142. The van der Waals surface area contributed by atoms with E-state index < -0.39 is 5.97 Å². The smallest absolute Gasteiger partial charge is 0.306 e. The summed E-state index contributed by atoms with van der Waals surface area (Å²) in [5, 5.41) is 12.9. The van der Waals surface area contributed by atoms with Crippen molar-refractivity contribution in [3.63, 3.8) is 0 Å². The molecule has 1 aromatic carbocycles. The number of carboxylic acid groups (broad SMARTS) is 1. The summed E-state index contributed by atoms with van der Waals surface area (Å²) in [6, 6.07) is 12.0. The van der Waals surface area contributed by atoms with Crippen molar-refractivity contribution < 1.29 is 9.90 Å². The standard InChI is InChI=1S/C19H27NO2/c21-19(22)16-7-10-17(11-8-16)20-18-9-6-15(13-18)12-14-4-2-1-3-5-14/h1-5,15-18,20H,6-13H2,(H,21,22). The van der Waals surface area contributed by atoms with Crippen LogP contribution in [0.3, 0.4) is 0 Å². The third-order valence-corrected chi connectivity index (χ3v) is 5.46. The molecule has 0 aromatic heterocycles. The van der Waals surface area contributed by atoms with Gasteiger partial charge in [-0.05, 0) is 62.8 Å². The predicted octanol–water partition coefficient (Wildman–Crippen LogP) is 3.63. The van der Waals surface area contributed by atoms with Gasteiger partial charge in [0, 0.05) is 12.1 Å². The van der Waals surface area contributed by atoms with E-state index in [1.165, 1.54) is 31.2 Å². The van der Waals surface area contributed by atoms with Crippen LogP contribution in [0.25, 0.3) is 0 Å². The highest BCUT2D eigenvalue weighted by Crippen LogP contribution is 2.31. The molecule has 2 aliphatic carbocycles. The zero-order chi connectivity index (χ0) is 15.4. The molecule has 3 nitrogen and oxygen atoms in total. The van der Waals surface area contributed by atoms with Crippen molar-refractivity contribution in [2.75, 3.05) is 0 Å². The van der Waals surface area contributed by atoms with Crippen LogP contribution in [0.2, 0.25) is 0 Å². The van der Waals surface area contributed by atoms with E-state index in [1.54, 1.807) is 0 Å². The van der Waals surface area contributed by atoms with Gasteiger partial charge in [-0.25, -0.2) is 0 Å². The van der Waals surface area contributed by atoms with Crippen molar-refractivity contribution in [2.24, 2.45) is 11.8 Å². The molecule has 0 aliphatic heterocycles. The molecular formula is C19H27NO2. The molecule has 0 radical (unpaired) electrons. The predicted molar refractivity (Wildman–Crippen MR) is 87.8 cm³/mol. The molecule has 0 bridgehead atoms. The number of rotatable bonds is 5. The molecule has 0 spiro atoms. The average molecular weight is 301 g/mol. The molecule has 3 heteroatoms. The number of nitrogens with one attached hydrogen (secondary N) is 1. The van der Waals surface area contributed by atoms with Gasteiger partial charge in [0.2, 0.25) is 0 Å². The van der Waals surface area contributed by atoms with E-state index in [0.717, 1.165) is 31.6 Å². The van der Waals surface area contributed by atoms with Gasteiger partial charge in [0.05, 0.1) is 5.92 Å². The van der Waals surface area contributed by atoms with Crippen molar-refractivity contribution >= 4 is 5.97 Å². The minimum absolute atomic E-state index is 0.104. The Morgan fingerprint density at radius 2 is 1.68 bits per heavy atom. The number of hydrogen-bond donors (Lipinski definition) is 2. The van der Waals surface area contributed by atoms with Gasteiger partial charge in [-0.2, -0.15) is 0 Å². The number of benzene rings is 1. The summed E-state index contributed by atoms with van der Waals surface area (Å²) in [6.45, 7) is 0. The minimum Gasteiger partial charge on any atom is -0.481 e. The van der Waals surface area contributed by atoms with Gasteiger partial charge >= 0.3 is 5.97 Å². The van der Waals surface area contributed by atoms with Crippen molar-refractivity contribution in [3.05, 3.63) is 35.9 Å². The quantitative estimate of drug-likeness (QED) is 0.873. The third-order valence-electron chi connectivity index (χ3n) is 5.46. The fourth-order valence-electron chi connectivity index (χ4n) is 4.20. The Hall–Kier alpha value is -1.35. The molecule has 0 heterocycles. The van der Waals surface area contributed by atoms with Gasteiger partial charge in [0.25, 0.3) is 0 Å². The summed E-state index contributed by atoms with van der Waals surface area (Å²) in [5.41, 5.74) is 1.45. The fourth-order valence-corrected chi connectivity index (χ4v) is 4.20. The average Bonchev–Trinajstić information content (AvgIpc) is 2.96. The second-order valence-corrected chi connectivity index (χ2v) is 7.12. The van der Waals surface area contributed by atoms with Gasteiger partial charge in [-0.15, -0.1) is 0 Å². The van der Waals surface area contributed by atoms with Crippen molar-refractivity contribution in [1.29, 1.82) is 0 Å². The molecule has 0 amide bonds. The normalized spacial score (nSPS) is 32.0. The highest BCUT2D eigenvalue weighted by atomic mass is 16.4. The van der Waals surface area contributed by atoms with Crippen molar-refractivity contribution in [3.8, 4) is 0 Å². The molecule has 22 heavy (non-hydrogen) atoms. The van der Waals surface area contributed by atoms with Crippen LogP contribution in [0.1, 0.15) is 50.5 Å². The minimum atomic E-state index is -0.609. The first-order valence-electron chi connectivity index (χ1n) is 8.73. The molecule has 2 fully saturated rings. The number of aliphatic carboxylic acids is 1. The summed E-state index contributed by atoms with van der Waals surface area (Å²) in [7, 11) is 0. The molecular weight excluding hydrogens is 274 g/mol. The number of carboxylic acids is 1. The number of hydrogen-bond acceptors (Lipinski definition) is 2. The lowest BCUT2D eigenvalue weighted by Gasteiger charge is -2.29.